The zero-order chi connectivity index (χ0) is 56.1. The number of hydrogen-bond donors (Lipinski definition) is 3. The molecule has 3 heterocycles. The molecule has 2 unspecified atom stereocenters. The first-order valence-electron chi connectivity index (χ1n) is 24.1. The average Bonchev–Trinajstić information content (AvgIpc) is 3.82. The summed E-state index contributed by atoms with van der Waals surface area (Å²) >= 11 is 10.2. The second-order valence-electron chi connectivity index (χ2n) is 18.7. The molecule has 7 rings (SSSR count). The molecule has 24 heteroatoms. The quantitative estimate of drug-likeness (QED) is 0.0435. The lowest BCUT2D eigenvalue weighted by molar-refractivity contribution is -0.147. The fourth-order valence-electron chi connectivity index (χ4n) is 9.23. The molecule has 4 aromatic rings. The number of aliphatic hydroxyl groups excluding tert-OH is 2. The van der Waals surface area contributed by atoms with E-state index in [2.05, 4.69) is 0 Å². The van der Waals surface area contributed by atoms with Crippen molar-refractivity contribution in [3.05, 3.63) is 142 Å². The molecule has 10 nitrogen and oxygen atoms in total. The monoisotopic (exact) mass is 1160 g/mol. The van der Waals surface area contributed by atoms with E-state index in [0.717, 1.165) is 17.5 Å². The van der Waals surface area contributed by atoms with Crippen molar-refractivity contribution in [2.75, 3.05) is 65.0 Å². The number of hydrazine groups is 2. The number of hydrogen-bond acceptors (Lipinski definition) is 9. The van der Waals surface area contributed by atoms with Gasteiger partial charge in [0.05, 0.1) is 48.7 Å². The van der Waals surface area contributed by atoms with E-state index in [9.17, 15) is 72.5 Å². The van der Waals surface area contributed by atoms with E-state index in [1.807, 2.05) is 65.7 Å². The first-order chi connectivity index (χ1) is 35.6. The lowest BCUT2D eigenvalue weighted by Crippen LogP contribution is -2.52. The molecule has 3 aliphatic rings. The highest BCUT2D eigenvalue weighted by Gasteiger charge is 2.43. The molecule has 3 aliphatic heterocycles. The maximum atomic E-state index is 13.4. The topological polar surface area (TPSA) is 129 Å². The molecule has 78 heavy (non-hydrogen) atoms. The maximum absolute atomic E-state index is 13.4. The van der Waals surface area contributed by atoms with Gasteiger partial charge in [-0.3, -0.25) is 20.4 Å². The summed E-state index contributed by atoms with van der Waals surface area (Å²) in [7, 11) is 0. The minimum absolute atomic E-state index is 0. The molecular formula is C54H66Cl2F12N4O6. The molecule has 4 aromatic carbocycles. The summed E-state index contributed by atoms with van der Waals surface area (Å²) in [5, 5.41) is 24.8. The molecule has 0 saturated carbocycles. The Morgan fingerprint density at radius 2 is 0.962 bits per heavy atom. The van der Waals surface area contributed by atoms with Crippen LogP contribution < -0.4 is 5.84 Å². The molecule has 0 bridgehead atoms. The molecule has 3 fully saturated rings. The van der Waals surface area contributed by atoms with Crippen LogP contribution >= 0.6 is 23.2 Å². The molecule has 1 amide bonds. The smallest absolute Gasteiger partial charge is 0.393 e. The van der Waals surface area contributed by atoms with Crippen molar-refractivity contribution >= 4 is 34.4 Å². The van der Waals surface area contributed by atoms with Gasteiger partial charge in [-0.1, -0.05) is 75.5 Å². The Morgan fingerprint density at radius 1 is 0.603 bits per heavy atom. The largest absolute Gasteiger partial charge is 0.416 e. The van der Waals surface area contributed by atoms with Crippen molar-refractivity contribution in [3.8, 4) is 0 Å². The van der Waals surface area contributed by atoms with Gasteiger partial charge >= 0.3 is 24.7 Å². The summed E-state index contributed by atoms with van der Waals surface area (Å²) in [6, 6.07) is 21.1. The van der Waals surface area contributed by atoms with Gasteiger partial charge < -0.3 is 19.7 Å². The van der Waals surface area contributed by atoms with Crippen LogP contribution in [0.1, 0.15) is 123 Å². The molecule has 0 radical (unpaired) electrons. The van der Waals surface area contributed by atoms with E-state index in [4.69, 9.17) is 38.5 Å². The Bertz CT molecular complexity index is 2410. The van der Waals surface area contributed by atoms with Crippen LogP contribution in [0.5, 0.6) is 0 Å². The van der Waals surface area contributed by atoms with Crippen molar-refractivity contribution < 1.29 is 82.0 Å². The third-order valence-electron chi connectivity index (χ3n) is 13.5. The molecule has 3 saturated heterocycles. The lowest BCUT2D eigenvalue weighted by Gasteiger charge is -2.45. The van der Waals surface area contributed by atoms with Gasteiger partial charge in [0.15, 0.2) is 0 Å². The number of nitrogens with zero attached hydrogens (tertiary/aromatic N) is 3. The highest BCUT2D eigenvalue weighted by Crippen LogP contribution is 2.43. The van der Waals surface area contributed by atoms with Crippen LogP contribution in [0.15, 0.2) is 97.1 Å². The molecular weight excluding hydrogens is 1100 g/mol. The molecule has 436 valence electrons. The number of amides is 1. The van der Waals surface area contributed by atoms with Crippen LogP contribution in [0, 0.1) is 0 Å². The van der Waals surface area contributed by atoms with E-state index in [-0.39, 0.29) is 56.9 Å². The number of nitrogens with two attached hydrogens (primary N) is 1. The fourth-order valence-corrected chi connectivity index (χ4v) is 9.50. The molecule has 0 aliphatic carbocycles. The predicted molar refractivity (Wildman–Crippen MR) is 272 cm³/mol. The number of benzene rings is 4. The number of ether oxygens (including phenoxy) is 2. The van der Waals surface area contributed by atoms with Crippen molar-refractivity contribution in [3.63, 3.8) is 0 Å². The molecule has 0 spiro atoms. The van der Waals surface area contributed by atoms with E-state index in [1.54, 1.807) is 10.0 Å². The van der Waals surface area contributed by atoms with Crippen LogP contribution in [0.25, 0.3) is 0 Å². The first-order valence-corrected chi connectivity index (χ1v) is 25.0. The molecule has 2 atom stereocenters. The third-order valence-corrected chi connectivity index (χ3v) is 14.0. The van der Waals surface area contributed by atoms with E-state index >= 15 is 0 Å². The third kappa shape index (κ3) is 18.8. The molecule has 0 aromatic heterocycles. The van der Waals surface area contributed by atoms with Crippen molar-refractivity contribution in [2.24, 2.45) is 5.84 Å². The number of halogens is 14. The van der Waals surface area contributed by atoms with Crippen LogP contribution in [0.4, 0.5) is 52.7 Å². The van der Waals surface area contributed by atoms with Gasteiger partial charge in [0.2, 0.25) is 11.1 Å². The summed E-state index contributed by atoms with van der Waals surface area (Å²) in [6.07, 6.45) is -18.1. The summed E-state index contributed by atoms with van der Waals surface area (Å²) in [5.74, 6) is 6.44. The Kier molecular flexibility index (Phi) is 25.4. The zero-order valence-electron chi connectivity index (χ0n) is 40.9. The first kappa shape index (κ1) is 67.8. The number of carbonyl (C=O) groups excluding carboxylic acids is 2. The lowest BCUT2D eigenvalue weighted by atomic mass is 9.73. The van der Waals surface area contributed by atoms with Gasteiger partial charge in [-0.05, 0) is 109 Å². The number of rotatable bonds is 16. The summed E-state index contributed by atoms with van der Waals surface area (Å²) < 4.78 is 171. The van der Waals surface area contributed by atoms with Crippen LogP contribution in [-0.2, 0) is 54.6 Å². The number of aliphatic hydroxyl groups is 2. The Balaban J connectivity index is 0.000000360. The number of carbonyl (C=O) groups is 2. The number of alkyl halides is 13. The van der Waals surface area contributed by atoms with Gasteiger partial charge in [0.25, 0.3) is 0 Å². The van der Waals surface area contributed by atoms with Crippen LogP contribution in [-0.4, -0.2) is 101 Å². The predicted octanol–water partition coefficient (Wildman–Crippen LogP) is 13.1. The van der Waals surface area contributed by atoms with Crippen LogP contribution in [0.2, 0.25) is 0 Å². The highest BCUT2D eigenvalue weighted by atomic mass is 35.5. The Hall–Kier alpha value is -4.52. The maximum Gasteiger partial charge on any atom is 0.416 e. The molecule has 4 N–H and O–H groups in total. The second-order valence-corrected chi connectivity index (χ2v) is 19.5. The van der Waals surface area contributed by atoms with Crippen molar-refractivity contribution in [1.82, 2.24) is 15.0 Å². The number of piperidine rings is 2. The Morgan fingerprint density at radius 3 is 1.24 bits per heavy atom. The van der Waals surface area contributed by atoms with E-state index < -0.39 is 88.8 Å². The minimum Gasteiger partial charge on any atom is -0.393 e. The standard InChI is InChI=1S/C26H28F6N2O3.C22H24F6N2O2.C4H6Cl2O.2CH4/c27-25(28,29)20-13-18(14-21(15-20)26(30,31)32)22(16-35)37-17-24(19-5-2-1-3-6-19)8-11-33(12-9-24)34-10-4-7-23(34)36;23-21(24,25)17-10-15(11-18(12-17)22(26,27)28)19(13-31)32-14-20(6-8-30(29)9-7-20)16-4-2-1-3-5-16;5-3-1-2-4(6)7;;/h1-3,5-6,13-15,22,35H,4,7-12,16-17H2;1-5,10-12,19,31H,6-9,13-14,29H2;1-3H2;2*1H4. The summed E-state index contributed by atoms with van der Waals surface area (Å²) in [5.41, 5.74) is -5.86. The SMILES string of the molecule is C.C.NN1CCC(COC(CO)c2cc(C(F)(F)F)cc(C(F)(F)F)c2)(c2ccccc2)CC1.O=C(Cl)CCCCl.O=C1CCCN1N1CCC(COC(CO)c2cc(C(F)(F)F)cc(C(F)(F)F)c2)(c2ccccc2)CC1. The Labute approximate surface area is 456 Å². The van der Waals surface area contributed by atoms with Crippen LogP contribution in [0.3, 0.4) is 0 Å². The van der Waals surface area contributed by atoms with E-state index in [0.29, 0.717) is 108 Å². The van der Waals surface area contributed by atoms with Gasteiger partial charge in [-0.2, -0.15) is 52.7 Å². The van der Waals surface area contributed by atoms with Crippen molar-refractivity contribution in [1.29, 1.82) is 0 Å². The fraction of sp³-hybridized carbons (Fsp3) is 0.519. The second kappa shape index (κ2) is 29.3. The minimum atomic E-state index is -5.00. The summed E-state index contributed by atoms with van der Waals surface area (Å²) in [6.45, 7) is 1.23. The highest BCUT2D eigenvalue weighted by molar-refractivity contribution is 6.63. The van der Waals surface area contributed by atoms with Gasteiger partial charge in [-0.25, -0.2) is 10.0 Å². The normalized spacial score (nSPS) is 17.8. The average molecular weight is 1170 g/mol. The summed E-state index contributed by atoms with van der Waals surface area (Å²) in [4.78, 5) is 22.1. The van der Waals surface area contributed by atoms with Crippen molar-refractivity contribution in [2.45, 2.75) is 114 Å². The zero-order valence-corrected chi connectivity index (χ0v) is 42.4. The van der Waals surface area contributed by atoms with Gasteiger partial charge in [0.1, 0.15) is 12.2 Å². The van der Waals surface area contributed by atoms with Gasteiger partial charge in [0, 0.05) is 62.3 Å². The van der Waals surface area contributed by atoms with E-state index in [1.165, 1.54) is 0 Å². The van der Waals surface area contributed by atoms with Gasteiger partial charge in [-0.15, -0.1) is 11.6 Å².